The molecule has 0 aliphatic heterocycles. The van der Waals surface area contributed by atoms with Crippen LogP contribution in [-0.4, -0.2) is 36.2 Å². The van der Waals surface area contributed by atoms with Crippen molar-refractivity contribution < 1.29 is 14.7 Å². The predicted octanol–water partition coefficient (Wildman–Crippen LogP) is 1.08. The number of amides is 1. The SMILES string of the molecule is CCC(CC)(NC(=O)CC(C)COC)C(N)=NO. The summed E-state index contributed by atoms with van der Waals surface area (Å²) in [6.45, 7) is 6.25. The van der Waals surface area contributed by atoms with Crippen LogP contribution in [0.1, 0.15) is 40.0 Å². The quantitative estimate of drug-likeness (QED) is 0.263. The highest BCUT2D eigenvalue weighted by atomic mass is 16.5. The monoisotopic (exact) mass is 259 g/mol. The molecule has 1 atom stereocenters. The van der Waals surface area contributed by atoms with Crippen molar-refractivity contribution in [2.24, 2.45) is 16.8 Å². The van der Waals surface area contributed by atoms with Gasteiger partial charge in [-0.15, -0.1) is 0 Å². The van der Waals surface area contributed by atoms with Gasteiger partial charge in [-0.1, -0.05) is 25.9 Å². The van der Waals surface area contributed by atoms with E-state index in [4.69, 9.17) is 15.7 Å². The summed E-state index contributed by atoms with van der Waals surface area (Å²) in [6.07, 6.45) is 1.50. The Morgan fingerprint density at radius 1 is 1.50 bits per heavy atom. The molecule has 0 bridgehead atoms. The lowest BCUT2D eigenvalue weighted by Crippen LogP contribution is -2.57. The molecule has 18 heavy (non-hydrogen) atoms. The van der Waals surface area contributed by atoms with Crippen LogP contribution in [0, 0.1) is 5.92 Å². The summed E-state index contributed by atoms with van der Waals surface area (Å²) in [5.41, 5.74) is 4.91. The summed E-state index contributed by atoms with van der Waals surface area (Å²) in [6, 6.07) is 0. The Labute approximate surface area is 109 Å². The van der Waals surface area contributed by atoms with Crippen molar-refractivity contribution in [2.75, 3.05) is 13.7 Å². The van der Waals surface area contributed by atoms with Crippen LogP contribution in [0.2, 0.25) is 0 Å². The standard InChI is InChI=1S/C12H25N3O3/c1-5-12(6-2,11(13)15-17)14-10(16)7-9(3)8-18-4/h9,17H,5-8H2,1-4H3,(H2,13,15)(H,14,16). The summed E-state index contributed by atoms with van der Waals surface area (Å²) >= 11 is 0. The molecule has 0 fully saturated rings. The Hall–Kier alpha value is -1.30. The molecule has 6 nitrogen and oxygen atoms in total. The molecule has 6 heteroatoms. The van der Waals surface area contributed by atoms with E-state index in [0.717, 1.165) is 0 Å². The lowest BCUT2D eigenvalue weighted by molar-refractivity contribution is -0.123. The van der Waals surface area contributed by atoms with E-state index in [9.17, 15) is 4.79 Å². The minimum absolute atomic E-state index is 0.0419. The van der Waals surface area contributed by atoms with Crippen molar-refractivity contribution in [3.05, 3.63) is 0 Å². The summed E-state index contributed by atoms with van der Waals surface area (Å²) in [5.74, 6) is 0.0591. The van der Waals surface area contributed by atoms with Crippen LogP contribution < -0.4 is 11.1 Å². The van der Waals surface area contributed by atoms with Gasteiger partial charge in [0.15, 0.2) is 5.84 Å². The molecule has 0 aliphatic rings. The van der Waals surface area contributed by atoms with E-state index >= 15 is 0 Å². The molecule has 0 radical (unpaired) electrons. The summed E-state index contributed by atoms with van der Waals surface area (Å²) in [5, 5.41) is 14.7. The van der Waals surface area contributed by atoms with Gasteiger partial charge >= 0.3 is 0 Å². The third-order valence-corrected chi connectivity index (χ3v) is 3.17. The first-order valence-corrected chi connectivity index (χ1v) is 6.23. The average Bonchev–Trinajstić information content (AvgIpc) is 2.35. The minimum Gasteiger partial charge on any atom is -0.409 e. The normalized spacial score (nSPS) is 14.3. The number of oxime groups is 1. The molecule has 0 rings (SSSR count). The molecule has 0 spiro atoms. The second-order valence-corrected chi connectivity index (χ2v) is 4.59. The van der Waals surface area contributed by atoms with Gasteiger partial charge < -0.3 is 21.0 Å². The topological polar surface area (TPSA) is 96.9 Å². The highest BCUT2D eigenvalue weighted by Gasteiger charge is 2.33. The maximum absolute atomic E-state index is 11.9. The largest absolute Gasteiger partial charge is 0.409 e. The third-order valence-electron chi connectivity index (χ3n) is 3.17. The predicted molar refractivity (Wildman–Crippen MR) is 70.5 cm³/mol. The molecule has 0 aliphatic carbocycles. The Bertz CT molecular complexity index is 288. The van der Waals surface area contributed by atoms with Gasteiger partial charge in [-0.2, -0.15) is 0 Å². The van der Waals surface area contributed by atoms with Crippen LogP contribution in [0.15, 0.2) is 5.16 Å². The zero-order valence-corrected chi connectivity index (χ0v) is 11.7. The molecule has 1 unspecified atom stereocenters. The Kier molecular flexibility index (Phi) is 7.35. The highest BCUT2D eigenvalue weighted by molar-refractivity contribution is 5.93. The third kappa shape index (κ3) is 4.52. The first-order valence-electron chi connectivity index (χ1n) is 6.23. The van der Waals surface area contributed by atoms with E-state index in [1.807, 2.05) is 20.8 Å². The van der Waals surface area contributed by atoms with Crippen molar-refractivity contribution in [1.29, 1.82) is 0 Å². The van der Waals surface area contributed by atoms with Gasteiger partial charge in [0.2, 0.25) is 5.91 Å². The van der Waals surface area contributed by atoms with Crippen LogP contribution in [-0.2, 0) is 9.53 Å². The van der Waals surface area contributed by atoms with E-state index in [1.54, 1.807) is 7.11 Å². The zero-order chi connectivity index (χ0) is 14.2. The number of carbonyl (C=O) groups is 1. The molecule has 0 aromatic heterocycles. The molecule has 1 amide bonds. The van der Waals surface area contributed by atoms with E-state index in [-0.39, 0.29) is 17.7 Å². The fourth-order valence-corrected chi connectivity index (χ4v) is 1.93. The molecule has 0 aromatic carbocycles. The number of hydrogen-bond acceptors (Lipinski definition) is 4. The van der Waals surface area contributed by atoms with E-state index in [1.165, 1.54) is 0 Å². The lowest BCUT2D eigenvalue weighted by atomic mass is 9.91. The van der Waals surface area contributed by atoms with E-state index in [2.05, 4.69) is 10.5 Å². The van der Waals surface area contributed by atoms with E-state index < -0.39 is 5.54 Å². The number of carbonyl (C=O) groups excluding carboxylic acids is 1. The van der Waals surface area contributed by atoms with Crippen molar-refractivity contribution in [2.45, 2.75) is 45.6 Å². The molecule has 4 N–H and O–H groups in total. The molecule has 0 heterocycles. The van der Waals surface area contributed by atoms with Crippen LogP contribution in [0.5, 0.6) is 0 Å². The molecule has 0 aromatic rings. The first kappa shape index (κ1) is 16.7. The number of amidine groups is 1. The number of rotatable bonds is 8. The van der Waals surface area contributed by atoms with Crippen molar-refractivity contribution >= 4 is 11.7 Å². The van der Waals surface area contributed by atoms with Gasteiger partial charge in [-0.25, -0.2) is 0 Å². The lowest BCUT2D eigenvalue weighted by Gasteiger charge is -2.31. The van der Waals surface area contributed by atoms with Crippen LogP contribution in [0.3, 0.4) is 0 Å². The minimum atomic E-state index is -0.765. The van der Waals surface area contributed by atoms with Gasteiger partial charge in [0.05, 0.1) is 0 Å². The smallest absolute Gasteiger partial charge is 0.221 e. The second-order valence-electron chi connectivity index (χ2n) is 4.59. The molecule has 0 saturated heterocycles. The second kappa shape index (κ2) is 7.92. The Morgan fingerprint density at radius 2 is 2.06 bits per heavy atom. The average molecular weight is 259 g/mol. The van der Waals surface area contributed by atoms with Gasteiger partial charge in [0.25, 0.3) is 0 Å². The highest BCUT2D eigenvalue weighted by Crippen LogP contribution is 2.16. The number of nitrogens with zero attached hydrogens (tertiary/aromatic N) is 1. The zero-order valence-electron chi connectivity index (χ0n) is 11.7. The molecular formula is C12H25N3O3. The van der Waals surface area contributed by atoms with Gasteiger partial charge in [0.1, 0.15) is 5.54 Å². The Balaban J connectivity index is 4.65. The fourth-order valence-electron chi connectivity index (χ4n) is 1.93. The van der Waals surface area contributed by atoms with Crippen molar-refractivity contribution in [3.63, 3.8) is 0 Å². The first-order chi connectivity index (χ1) is 8.45. The molecule has 106 valence electrons. The van der Waals surface area contributed by atoms with Crippen molar-refractivity contribution in [1.82, 2.24) is 5.32 Å². The maximum atomic E-state index is 11.9. The number of ether oxygens (including phenoxy) is 1. The van der Waals surface area contributed by atoms with Gasteiger partial charge in [-0.3, -0.25) is 4.79 Å². The number of methoxy groups -OCH3 is 1. The number of nitrogens with two attached hydrogens (primary N) is 1. The number of nitrogens with one attached hydrogen (secondary N) is 1. The van der Waals surface area contributed by atoms with Crippen LogP contribution in [0.25, 0.3) is 0 Å². The molecule has 0 saturated carbocycles. The summed E-state index contributed by atoms with van der Waals surface area (Å²) in [4.78, 5) is 11.9. The van der Waals surface area contributed by atoms with E-state index in [0.29, 0.717) is 25.9 Å². The van der Waals surface area contributed by atoms with Crippen LogP contribution >= 0.6 is 0 Å². The fraction of sp³-hybridized carbons (Fsp3) is 0.833. The number of hydrogen-bond donors (Lipinski definition) is 3. The molecular weight excluding hydrogens is 234 g/mol. The van der Waals surface area contributed by atoms with Gasteiger partial charge in [0, 0.05) is 20.1 Å². The summed E-state index contributed by atoms with van der Waals surface area (Å²) < 4.78 is 4.99. The van der Waals surface area contributed by atoms with Crippen molar-refractivity contribution in [3.8, 4) is 0 Å². The van der Waals surface area contributed by atoms with Gasteiger partial charge in [-0.05, 0) is 18.8 Å². The summed E-state index contributed by atoms with van der Waals surface area (Å²) in [7, 11) is 1.60. The van der Waals surface area contributed by atoms with Crippen LogP contribution in [0.4, 0.5) is 0 Å². The Morgan fingerprint density at radius 3 is 2.44 bits per heavy atom. The maximum Gasteiger partial charge on any atom is 0.221 e.